The second-order valence-corrected chi connectivity index (χ2v) is 13.0. The van der Waals surface area contributed by atoms with Crippen LogP contribution in [0.2, 0.25) is 0 Å². The van der Waals surface area contributed by atoms with Crippen molar-refractivity contribution in [2.75, 3.05) is 34.2 Å². The number of fused-ring (bicyclic) bond motifs is 4. The number of carbonyl (C=O) groups is 2. The molecular weight excluding hydrogens is 652 g/mol. The molecule has 3 aromatic carbocycles. The third-order valence-corrected chi connectivity index (χ3v) is 10.0. The molecule has 8 rings (SSSR count). The highest BCUT2D eigenvalue weighted by molar-refractivity contribution is 5.80. The third-order valence-electron chi connectivity index (χ3n) is 10.0. The Hall–Kier alpha value is -4.40. The SMILES string of the molecule is COc1cc(C2c3cc4c(cc3C(OC3OC5COC(C)OC5CC3O)C3COC(=O)C23)OCO4)cc(OC)c1OC(=O)Cc1ccccc1. The number of hydrogen-bond donors (Lipinski definition) is 1. The molecule has 1 N–H and O–H groups in total. The number of cyclic esters (lactones) is 1. The lowest BCUT2D eigenvalue weighted by atomic mass is 9.66. The Labute approximate surface area is 288 Å². The summed E-state index contributed by atoms with van der Waals surface area (Å²) in [6.07, 6.45) is -3.52. The molecule has 0 radical (unpaired) electrons. The summed E-state index contributed by atoms with van der Waals surface area (Å²) in [6, 6.07) is 16.5. The minimum Gasteiger partial charge on any atom is -0.493 e. The molecule has 5 aliphatic rings. The summed E-state index contributed by atoms with van der Waals surface area (Å²) < 4.78 is 58.9. The second-order valence-electron chi connectivity index (χ2n) is 13.0. The molecule has 13 heteroatoms. The van der Waals surface area contributed by atoms with E-state index in [0.717, 1.165) is 16.7 Å². The smallest absolute Gasteiger partial charge is 0.315 e. The molecule has 1 aliphatic carbocycles. The van der Waals surface area contributed by atoms with Crippen LogP contribution < -0.4 is 23.7 Å². The maximum absolute atomic E-state index is 13.7. The topological polar surface area (TPSA) is 147 Å². The van der Waals surface area contributed by atoms with Crippen LogP contribution in [0.5, 0.6) is 28.7 Å². The zero-order valence-corrected chi connectivity index (χ0v) is 27.8. The molecule has 0 amide bonds. The van der Waals surface area contributed by atoms with Gasteiger partial charge in [-0.2, -0.15) is 0 Å². The molecule has 4 heterocycles. The second kappa shape index (κ2) is 13.4. The van der Waals surface area contributed by atoms with Gasteiger partial charge in [0.1, 0.15) is 12.2 Å². The van der Waals surface area contributed by atoms with Crippen LogP contribution in [-0.4, -0.2) is 82.2 Å². The largest absolute Gasteiger partial charge is 0.493 e. The average molecular weight is 691 g/mol. The molecule has 3 aromatic rings. The highest BCUT2D eigenvalue weighted by Crippen LogP contribution is 2.57. The number of ether oxygens (including phenoxy) is 10. The van der Waals surface area contributed by atoms with Crippen LogP contribution in [-0.2, 0) is 39.7 Å². The Morgan fingerprint density at radius 1 is 0.900 bits per heavy atom. The Morgan fingerprint density at radius 3 is 2.34 bits per heavy atom. The predicted octanol–water partition coefficient (Wildman–Crippen LogP) is 3.81. The molecule has 264 valence electrons. The molecule has 0 saturated carbocycles. The van der Waals surface area contributed by atoms with E-state index in [9.17, 15) is 14.7 Å². The minimum absolute atomic E-state index is 0.0416. The number of methoxy groups -OCH3 is 2. The number of hydrogen-bond acceptors (Lipinski definition) is 13. The zero-order valence-electron chi connectivity index (χ0n) is 27.8. The van der Waals surface area contributed by atoms with Crippen LogP contribution >= 0.6 is 0 Å². The van der Waals surface area contributed by atoms with E-state index in [1.165, 1.54) is 14.2 Å². The van der Waals surface area contributed by atoms with Gasteiger partial charge >= 0.3 is 11.9 Å². The maximum atomic E-state index is 13.7. The first kappa shape index (κ1) is 32.8. The summed E-state index contributed by atoms with van der Waals surface area (Å²) >= 11 is 0. The lowest BCUT2D eigenvalue weighted by Crippen LogP contribution is -2.55. The zero-order chi connectivity index (χ0) is 34.5. The minimum atomic E-state index is -1.02. The van der Waals surface area contributed by atoms with Crippen molar-refractivity contribution in [1.29, 1.82) is 0 Å². The van der Waals surface area contributed by atoms with Gasteiger partial charge in [0.15, 0.2) is 35.6 Å². The maximum Gasteiger partial charge on any atom is 0.315 e. The molecular formula is C37H38O13. The molecule has 3 fully saturated rings. The van der Waals surface area contributed by atoms with Gasteiger partial charge < -0.3 is 52.5 Å². The first-order valence-corrected chi connectivity index (χ1v) is 16.7. The van der Waals surface area contributed by atoms with Crippen molar-refractivity contribution in [2.45, 2.75) is 62.7 Å². The fourth-order valence-corrected chi connectivity index (χ4v) is 7.70. The summed E-state index contributed by atoms with van der Waals surface area (Å²) in [7, 11) is 2.94. The number of rotatable bonds is 8. The third kappa shape index (κ3) is 5.92. The number of aliphatic hydroxyl groups is 1. The van der Waals surface area contributed by atoms with Gasteiger partial charge in [0, 0.05) is 18.3 Å². The first-order chi connectivity index (χ1) is 24.3. The van der Waals surface area contributed by atoms with Crippen LogP contribution in [0, 0.1) is 11.8 Å². The summed E-state index contributed by atoms with van der Waals surface area (Å²) in [4.78, 5) is 26.7. The number of carbonyl (C=O) groups excluding carboxylic acids is 2. The molecule has 3 saturated heterocycles. The van der Waals surface area contributed by atoms with Crippen LogP contribution in [0.15, 0.2) is 54.6 Å². The fraction of sp³-hybridized carbons (Fsp3) is 0.459. The van der Waals surface area contributed by atoms with Gasteiger partial charge in [-0.15, -0.1) is 0 Å². The molecule has 9 unspecified atom stereocenters. The lowest BCUT2D eigenvalue weighted by molar-refractivity contribution is -0.340. The molecule has 0 aromatic heterocycles. The van der Waals surface area contributed by atoms with E-state index >= 15 is 0 Å². The van der Waals surface area contributed by atoms with E-state index in [1.807, 2.05) is 42.5 Å². The van der Waals surface area contributed by atoms with Crippen molar-refractivity contribution in [1.82, 2.24) is 0 Å². The quantitative estimate of drug-likeness (QED) is 0.270. The Morgan fingerprint density at radius 2 is 1.62 bits per heavy atom. The van der Waals surface area contributed by atoms with E-state index < -0.39 is 60.6 Å². The van der Waals surface area contributed by atoms with Gasteiger partial charge in [0.05, 0.1) is 52.0 Å². The molecule has 13 nitrogen and oxygen atoms in total. The fourth-order valence-electron chi connectivity index (χ4n) is 7.70. The Kier molecular flexibility index (Phi) is 8.77. The van der Waals surface area contributed by atoms with Crippen LogP contribution in [0.3, 0.4) is 0 Å². The van der Waals surface area contributed by atoms with E-state index in [-0.39, 0.29) is 43.2 Å². The van der Waals surface area contributed by atoms with Crippen LogP contribution in [0.25, 0.3) is 0 Å². The van der Waals surface area contributed by atoms with Crippen molar-refractivity contribution in [3.05, 3.63) is 76.9 Å². The molecule has 4 aliphatic heterocycles. The van der Waals surface area contributed by atoms with E-state index in [0.29, 0.717) is 30.1 Å². The molecule has 0 bridgehead atoms. The summed E-state index contributed by atoms with van der Waals surface area (Å²) in [5, 5.41) is 11.2. The van der Waals surface area contributed by atoms with Gasteiger partial charge in [0.2, 0.25) is 12.5 Å². The van der Waals surface area contributed by atoms with Gasteiger partial charge in [0.25, 0.3) is 0 Å². The Balaban J connectivity index is 1.16. The van der Waals surface area contributed by atoms with E-state index in [1.54, 1.807) is 19.1 Å². The standard InChI is InChI=1S/C37H38O13/c1-18-43-16-30-27(47-18)14-24(38)37(48-30)50-34-22-13-26-25(45-17-46-26)12-21(22)32(33-23(34)15-44-36(33)40)20-10-28(41-2)35(29(11-20)42-3)49-31(39)9-19-7-5-4-6-8-19/h4-8,10-13,18,23-24,27,30,32-34,37-38H,9,14-17H2,1-3H3. The first-order valence-electron chi connectivity index (χ1n) is 16.7. The lowest BCUT2D eigenvalue weighted by Gasteiger charge is -2.45. The van der Waals surface area contributed by atoms with Crippen molar-refractivity contribution in [3.63, 3.8) is 0 Å². The van der Waals surface area contributed by atoms with Gasteiger partial charge in [-0.05, 0) is 53.4 Å². The summed E-state index contributed by atoms with van der Waals surface area (Å²) in [5.41, 5.74) is 2.93. The van der Waals surface area contributed by atoms with E-state index in [2.05, 4.69) is 0 Å². The van der Waals surface area contributed by atoms with Crippen molar-refractivity contribution < 1.29 is 62.1 Å². The highest BCUT2D eigenvalue weighted by atomic mass is 16.7. The van der Waals surface area contributed by atoms with Gasteiger partial charge in [-0.3, -0.25) is 9.59 Å². The van der Waals surface area contributed by atoms with E-state index in [4.69, 9.17) is 47.4 Å². The predicted molar refractivity (Wildman–Crippen MR) is 171 cm³/mol. The number of aliphatic hydroxyl groups excluding tert-OH is 1. The van der Waals surface area contributed by atoms with Crippen LogP contribution in [0.1, 0.15) is 47.6 Å². The Bertz CT molecular complexity index is 1740. The van der Waals surface area contributed by atoms with Crippen molar-refractivity contribution in [2.24, 2.45) is 11.8 Å². The average Bonchev–Trinajstić information content (AvgIpc) is 3.74. The normalized spacial score (nSPS) is 30.8. The number of esters is 2. The van der Waals surface area contributed by atoms with Crippen molar-refractivity contribution in [3.8, 4) is 28.7 Å². The molecule has 0 spiro atoms. The summed E-state index contributed by atoms with van der Waals surface area (Å²) in [5.74, 6) is -0.949. The number of benzene rings is 3. The molecule has 9 atom stereocenters. The van der Waals surface area contributed by atoms with Gasteiger partial charge in [-0.25, -0.2) is 0 Å². The highest BCUT2D eigenvalue weighted by Gasteiger charge is 2.55. The monoisotopic (exact) mass is 690 g/mol. The van der Waals surface area contributed by atoms with Crippen LogP contribution in [0.4, 0.5) is 0 Å². The summed E-state index contributed by atoms with van der Waals surface area (Å²) in [6.45, 7) is 2.23. The van der Waals surface area contributed by atoms with Gasteiger partial charge in [-0.1, -0.05) is 30.3 Å². The molecule has 50 heavy (non-hydrogen) atoms. The van der Waals surface area contributed by atoms with Crippen molar-refractivity contribution >= 4 is 11.9 Å².